The highest BCUT2D eigenvalue weighted by molar-refractivity contribution is 7.89. The van der Waals surface area contributed by atoms with Crippen LogP contribution in [0.25, 0.3) is 0 Å². The van der Waals surface area contributed by atoms with E-state index < -0.39 is 10.0 Å². The minimum Gasteiger partial charge on any atom is -0.326 e. The molecule has 0 aromatic rings. The second kappa shape index (κ2) is 5.27. The minimum absolute atomic E-state index is 0.0133. The summed E-state index contributed by atoms with van der Waals surface area (Å²) < 4.78 is 26.1. The summed E-state index contributed by atoms with van der Waals surface area (Å²) in [6, 6.07) is -0.0665. The SMILES string of the molecule is CC(C)CS(=O)(=O)N[C@@H]1CCCC[C@H]1N. The van der Waals surface area contributed by atoms with Crippen molar-refractivity contribution in [3.8, 4) is 0 Å². The van der Waals surface area contributed by atoms with Crippen LogP contribution in [0.3, 0.4) is 0 Å². The fourth-order valence-corrected chi connectivity index (χ4v) is 3.75. The normalized spacial score (nSPS) is 28.3. The summed E-state index contributed by atoms with van der Waals surface area (Å²) >= 11 is 0. The van der Waals surface area contributed by atoms with Gasteiger partial charge in [-0.05, 0) is 18.8 Å². The Hall–Kier alpha value is -0.130. The third-order valence-corrected chi connectivity index (χ3v) is 4.47. The van der Waals surface area contributed by atoms with Crippen LogP contribution in [-0.2, 0) is 10.0 Å². The van der Waals surface area contributed by atoms with Gasteiger partial charge < -0.3 is 5.73 Å². The molecule has 1 rings (SSSR count). The van der Waals surface area contributed by atoms with Crippen molar-refractivity contribution < 1.29 is 8.42 Å². The molecule has 15 heavy (non-hydrogen) atoms. The molecule has 3 N–H and O–H groups in total. The quantitative estimate of drug-likeness (QED) is 0.757. The summed E-state index contributed by atoms with van der Waals surface area (Å²) in [5.74, 6) is 0.346. The second-order valence-electron chi connectivity index (χ2n) is 4.85. The van der Waals surface area contributed by atoms with Gasteiger partial charge in [0, 0.05) is 12.1 Å². The maximum Gasteiger partial charge on any atom is 0.212 e. The summed E-state index contributed by atoms with van der Waals surface area (Å²) in [6.07, 6.45) is 3.99. The molecule has 0 unspecified atom stereocenters. The van der Waals surface area contributed by atoms with Gasteiger partial charge in [0.2, 0.25) is 10.0 Å². The van der Waals surface area contributed by atoms with Crippen molar-refractivity contribution in [3.63, 3.8) is 0 Å². The molecule has 0 aromatic carbocycles. The molecule has 1 saturated carbocycles. The zero-order chi connectivity index (χ0) is 11.5. The van der Waals surface area contributed by atoms with E-state index in [4.69, 9.17) is 5.73 Å². The number of sulfonamides is 1. The van der Waals surface area contributed by atoms with Crippen LogP contribution in [0, 0.1) is 5.92 Å². The van der Waals surface area contributed by atoms with Gasteiger partial charge in [0.05, 0.1) is 5.75 Å². The van der Waals surface area contributed by atoms with Crippen molar-refractivity contribution in [3.05, 3.63) is 0 Å². The highest BCUT2D eigenvalue weighted by Crippen LogP contribution is 2.17. The van der Waals surface area contributed by atoms with Gasteiger partial charge >= 0.3 is 0 Å². The van der Waals surface area contributed by atoms with Gasteiger partial charge in [-0.2, -0.15) is 0 Å². The first-order valence-corrected chi connectivity index (χ1v) is 7.31. The Bertz CT molecular complexity index is 288. The Morgan fingerprint density at radius 3 is 2.47 bits per heavy atom. The maximum absolute atomic E-state index is 11.7. The summed E-state index contributed by atoms with van der Waals surface area (Å²) in [7, 11) is -3.14. The van der Waals surface area contributed by atoms with Gasteiger partial charge in [0.1, 0.15) is 0 Å². The molecule has 90 valence electrons. The van der Waals surface area contributed by atoms with E-state index in [1.807, 2.05) is 13.8 Å². The molecule has 0 saturated heterocycles. The van der Waals surface area contributed by atoms with Crippen molar-refractivity contribution in [1.29, 1.82) is 0 Å². The molecular formula is C10H22N2O2S. The third-order valence-electron chi connectivity index (χ3n) is 2.70. The van der Waals surface area contributed by atoms with E-state index in [0.717, 1.165) is 25.7 Å². The number of nitrogens with two attached hydrogens (primary N) is 1. The van der Waals surface area contributed by atoms with Crippen molar-refractivity contribution in [2.75, 3.05) is 5.75 Å². The molecule has 0 bridgehead atoms. The van der Waals surface area contributed by atoms with Crippen LogP contribution in [-0.4, -0.2) is 26.3 Å². The zero-order valence-corrected chi connectivity index (χ0v) is 10.4. The summed E-state index contributed by atoms with van der Waals surface area (Å²) in [5, 5.41) is 0. The van der Waals surface area contributed by atoms with Crippen LogP contribution < -0.4 is 10.5 Å². The van der Waals surface area contributed by atoms with Gasteiger partial charge in [-0.3, -0.25) is 0 Å². The second-order valence-corrected chi connectivity index (χ2v) is 6.65. The maximum atomic E-state index is 11.7. The lowest BCUT2D eigenvalue weighted by atomic mass is 9.92. The molecular weight excluding hydrogens is 212 g/mol. The van der Waals surface area contributed by atoms with Gasteiger partial charge in [-0.15, -0.1) is 0 Å². The molecule has 1 fully saturated rings. The van der Waals surface area contributed by atoms with E-state index in [9.17, 15) is 8.42 Å². The molecule has 0 radical (unpaired) electrons. The van der Waals surface area contributed by atoms with Crippen LogP contribution >= 0.6 is 0 Å². The average Bonchev–Trinajstić information content (AvgIpc) is 2.06. The largest absolute Gasteiger partial charge is 0.326 e. The smallest absolute Gasteiger partial charge is 0.212 e. The van der Waals surface area contributed by atoms with Gasteiger partial charge in [-0.25, -0.2) is 13.1 Å². The van der Waals surface area contributed by atoms with Crippen molar-refractivity contribution >= 4 is 10.0 Å². The van der Waals surface area contributed by atoms with E-state index >= 15 is 0 Å². The number of hydrogen-bond acceptors (Lipinski definition) is 3. The van der Waals surface area contributed by atoms with Crippen LogP contribution in [0.15, 0.2) is 0 Å². The van der Waals surface area contributed by atoms with E-state index in [0.29, 0.717) is 0 Å². The third kappa shape index (κ3) is 4.49. The minimum atomic E-state index is -3.14. The number of rotatable bonds is 4. The van der Waals surface area contributed by atoms with Crippen LogP contribution in [0.4, 0.5) is 0 Å². The molecule has 0 aromatic heterocycles. The van der Waals surface area contributed by atoms with E-state index in [1.54, 1.807) is 0 Å². The highest BCUT2D eigenvalue weighted by Gasteiger charge is 2.26. The summed E-state index contributed by atoms with van der Waals surface area (Å²) in [4.78, 5) is 0. The van der Waals surface area contributed by atoms with Crippen LogP contribution in [0.1, 0.15) is 39.5 Å². The van der Waals surface area contributed by atoms with Crippen molar-refractivity contribution in [1.82, 2.24) is 4.72 Å². The lowest BCUT2D eigenvalue weighted by Crippen LogP contribution is -2.50. The first-order chi connectivity index (χ1) is 6.91. The molecule has 2 atom stereocenters. The molecule has 0 aliphatic heterocycles. The van der Waals surface area contributed by atoms with E-state index in [-0.39, 0.29) is 23.8 Å². The Morgan fingerprint density at radius 1 is 1.33 bits per heavy atom. The van der Waals surface area contributed by atoms with Crippen molar-refractivity contribution in [2.24, 2.45) is 11.7 Å². The Kier molecular flexibility index (Phi) is 4.55. The zero-order valence-electron chi connectivity index (χ0n) is 9.57. The van der Waals surface area contributed by atoms with E-state index in [1.165, 1.54) is 0 Å². The van der Waals surface area contributed by atoms with Gasteiger partial charge in [0.15, 0.2) is 0 Å². The van der Waals surface area contributed by atoms with Crippen LogP contribution in [0.5, 0.6) is 0 Å². The van der Waals surface area contributed by atoms with E-state index in [2.05, 4.69) is 4.72 Å². The molecule has 5 heteroatoms. The Labute approximate surface area is 92.7 Å². The molecule has 4 nitrogen and oxygen atoms in total. The average molecular weight is 234 g/mol. The fourth-order valence-electron chi connectivity index (χ4n) is 2.02. The molecule has 0 amide bonds. The summed E-state index contributed by atoms with van der Waals surface area (Å²) in [5.41, 5.74) is 5.89. The lowest BCUT2D eigenvalue weighted by Gasteiger charge is -2.29. The first-order valence-electron chi connectivity index (χ1n) is 5.66. The monoisotopic (exact) mass is 234 g/mol. The molecule has 0 spiro atoms. The van der Waals surface area contributed by atoms with Gasteiger partial charge in [0.25, 0.3) is 0 Å². The molecule has 1 aliphatic carbocycles. The Morgan fingerprint density at radius 2 is 1.93 bits per heavy atom. The fraction of sp³-hybridized carbons (Fsp3) is 1.00. The number of nitrogens with one attached hydrogen (secondary N) is 1. The predicted octanol–water partition coefficient (Wildman–Crippen LogP) is 0.832. The van der Waals surface area contributed by atoms with Crippen molar-refractivity contribution in [2.45, 2.75) is 51.6 Å². The summed E-state index contributed by atoms with van der Waals surface area (Å²) in [6.45, 7) is 3.81. The standard InChI is InChI=1S/C10H22N2O2S/c1-8(2)7-15(13,14)12-10-6-4-3-5-9(10)11/h8-10,12H,3-7,11H2,1-2H3/t9-,10-/m1/s1. The highest BCUT2D eigenvalue weighted by atomic mass is 32.2. The predicted molar refractivity (Wildman–Crippen MR) is 62.0 cm³/mol. The Balaban J connectivity index is 2.52. The first kappa shape index (κ1) is 12.9. The molecule has 0 heterocycles. The van der Waals surface area contributed by atoms with Crippen LogP contribution in [0.2, 0.25) is 0 Å². The molecule has 1 aliphatic rings. The number of hydrogen-bond donors (Lipinski definition) is 2. The lowest BCUT2D eigenvalue weighted by molar-refractivity contribution is 0.360. The van der Waals surface area contributed by atoms with Gasteiger partial charge in [-0.1, -0.05) is 26.7 Å². The topological polar surface area (TPSA) is 72.2 Å².